The lowest BCUT2D eigenvalue weighted by Crippen LogP contribution is -1.94. The molecule has 1 rings (SSSR count). The molecule has 0 atom stereocenters. The number of aryl methyl sites for hydroxylation is 1. The number of benzene rings is 1. The summed E-state index contributed by atoms with van der Waals surface area (Å²) in [6.07, 6.45) is 0.685. The molecule has 60 valence electrons. The summed E-state index contributed by atoms with van der Waals surface area (Å²) in [5.74, 6) is 0. The fourth-order valence-electron chi connectivity index (χ4n) is 0.975. The van der Waals surface area contributed by atoms with Crippen molar-refractivity contribution >= 4 is 5.69 Å². The van der Waals surface area contributed by atoms with E-state index in [1.165, 1.54) is 0 Å². The SMILES string of the molecule is Cc1ccc(CCO)cc1N. The molecule has 0 saturated heterocycles. The Bertz CT molecular complexity index is 245. The average molecular weight is 151 g/mol. The highest BCUT2D eigenvalue weighted by molar-refractivity contribution is 5.48. The van der Waals surface area contributed by atoms with Gasteiger partial charge in [0.1, 0.15) is 0 Å². The lowest BCUT2D eigenvalue weighted by molar-refractivity contribution is 0.299. The van der Waals surface area contributed by atoms with Crippen LogP contribution in [0.25, 0.3) is 0 Å². The van der Waals surface area contributed by atoms with Gasteiger partial charge in [-0.25, -0.2) is 0 Å². The van der Waals surface area contributed by atoms with Crippen LogP contribution in [0.1, 0.15) is 11.1 Å². The van der Waals surface area contributed by atoms with Crippen molar-refractivity contribution in [1.29, 1.82) is 0 Å². The van der Waals surface area contributed by atoms with Crippen LogP contribution >= 0.6 is 0 Å². The summed E-state index contributed by atoms with van der Waals surface area (Å²) in [6.45, 7) is 2.15. The lowest BCUT2D eigenvalue weighted by Gasteiger charge is -2.02. The van der Waals surface area contributed by atoms with E-state index in [9.17, 15) is 0 Å². The smallest absolute Gasteiger partial charge is 0.0471 e. The zero-order chi connectivity index (χ0) is 8.27. The van der Waals surface area contributed by atoms with Gasteiger partial charge in [-0.1, -0.05) is 12.1 Å². The maximum atomic E-state index is 8.64. The third-order valence-electron chi connectivity index (χ3n) is 1.74. The molecule has 0 radical (unpaired) electrons. The molecule has 0 fully saturated rings. The minimum absolute atomic E-state index is 0.183. The lowest BCUT2D eigenvalue weighted by atomic mass is 10.1. The Balaban J connectivity index is 2.86. The fourth-order valence-corrected chi connectivity index (χ4v) is 0.975. The third-order valence-corrected chi connectivity index (χ3v) is 1.74. The van der Waals surface area contributed by atoms with Gasteiger partial charge in [-0.2, -0.15) is 0 Å². The fraction of sp³-hybridized carbons (Fsp3) is 0.333. The molecule has 0 heterocycles. The summed E-state index contributed by atoms with van der Waals surface area (Å²) in [4.78, 5) is 0. The normalized spacial score (nSPS) is 10.0. The van der Waals surface area contributed by atoms with Crippen LogP contribution in [0.15, 0.2) is 18.2 Å². The molecule has 0 aromatic heterocycles. The molecule has 0 bridgehead atoms. The number of nitrogen functional groups attached to an aromatic ring is 1. The highest BCUT2D eigenvalue weighted by Crippen LogP contribution is 2.12. The first kappa shape index (κ1) is 8.08. The van der Waals surface area contributed by atoms with Gasteiger partial charge in [0.15, 0.2) is 0 Å². The molecule has 3 N–H and O–H groups in total. The molecular weight excluding hydrogens is 138 g/mol. The predicted molar refractivity (Wildman–Crippen MR) is 46.4 cm³/mol. The Labute approximate surface area is 66.7 Å². The Kier molecular flexibility index (Phi) is 2.49. The van der Waals surface area contributed by atoms with Crippen molar-refractivity contribution in [3.8, 4) is 0 Å². The highest BCUT2D eigenvalue weighted by atomic mass is 16.2. The Hall–Kier alpha value is -1.02. The minimum Gasteiger partial charge on any atom is -0.399 e. The first-order valence-electron chi connectivity index (χ1n) is 3.70. The number of hydrogen-bond donors (Lipinski definition) is 2. The van der Waals surface area contributed by atoms with Crippen molar-refractivity contribution < 1.29 is 5.11 Å². The average Bonchev–Trinajstić information content (AvgIpc) is 1.98. The number of aliphatic hydroxyl groups is 1. The summed E-state index contributed by atoms with van der Waals surface area (Å²) in [6, 6.07) is 5.87. The maximum absolute atomic E-state index is 8.64. The van der Waals surface area contributed by atoms with Crippen molar-refractivity contribution in [1.82, 2.24) is 0 Å². The van der Waals surface area contributed by atoms with Crippen LogP contribution in [0.2, 0.25) is 0 Å². The van der Waals surface area contributed by atoms with Crippen LogP contribution in [-0.4, -0.2) is 11.7 Å². The molecule has 0 amide bonds. The van der Waals surface area contributed by atoms with E-state index in [4.69, 9.17) is 10.8 Å². The van der Waals surface area contributed by atoms with E-state index in [2.05, 4.69) is 0 Å². The van der Waals surface area contributed by atoms with Crippen LogP contribution in [0, 0.1) is 6.92 Å². The van der Waals surface area contributed by atoms with E-state index >= 15 is 0 Å². The Morgan fingerprint density at radius 1 is 1.45 bits per heavy atom. The second kappa shape index (κ2) is 3.39. The van der Waals surface area contributed by atoms with Gasteiger partial charge < -0.3 is 10.8 Å². The van der Waals surface area contributed by atoms with E-state index < -0.39 is 0 Å². The summed E-state index contributed by atoms with van der Waals surface area (Å²) in [5.41, 5.74) is 8.65. The number of aliphatic hydroxyl groups excluding tert-OH is 1. The summed E-state index contributed by atoms with van der Waals surface area (Å²) in [5, 5.41) is 8.64. The van der Waals surface area contributed by atoms with Gasteiger partial charge in [-0.3, -0.25) is 0 Å². The highest BCUT2D eigenvalue weighted by Gasteiger charge is 1.94. The van der Waals surface area contributed by atoms with Gasteiger partial charge in [0, 0.05) is 12.3 Å². The van der Waals surface area contributed by atoms with Crippen LogP contribution in [0.3, 0.4) is 0 Å². The molecule has 2 heteroatoms. The molecule has 2 nitrogen and oxygen atoms in total. The Morgan fingerprint density at radius 3 is 2.73 bits per heavy atom. The first-order chi connectivity index (χ1) is 5.24. The zero-order valence-electron chi connectivity index (χ0n) is 6.67. The van der Waals surface area contributed by atoms with Crippen LogP contribution in [-0.2, 0) is 6.42 Å². The number of anilines is 1. The minimum atomic E-state index is 0.183. The van der Waals surface area contributed by atoms with Crippen molar-refractivity contribution in [2.75, 3.05) is 12.3 Å². The van der Waals surface area contributed by atoms with Gasteiger partial charge >= 0.3 is 0 Å². The molecule has 11 heavy (non-hydrogen) atoms. The van der Waals surface area contributed by atoms with Gasteiger partial charge in [-0.15, -0.1) is 0 Å². The summed E-state index contributed by atoms with van der Waals surface area (Å²) >= 11 is 0. The number of rotatable bonds is 2. The molecule has 0 unspecified atom stereocenters. The van der Waals surface area contributed by atoms with Crippen molar-refractivity contribution in [2.45, 2.75) is 13.3 Å². The second-order valence-electron chi connectivity index (χ2n) is 2.66. The molecule has 1 aromatic carbocycles. The number of nitrogens with two attached hydrogens (primary N) is 1. The van der Waals surface area contributed by atoms with Gasteiger partial charge in [0.2, 0.25) is 0 Å². The molecule has 1 aromatic rings. The summed E-state index contributed by atoms with van der Waals surface area (Å²) in [7, 11) is 0. The van der Waals surface area contributed by atoms with Crippen molar-refractivity contribution in [2.24, 2.45) is 0 Å². The molecule has 0 aliphatic carbocycles. The first-order valence-corrected chi connectivity index (χ1v) is 3.70. The quantitative estimate of drug-likeness (QED) is 0.622. The van der Waals surface area contributed by atoms with E-state index in [1.54, 1.807) is 0 Å². The largest absolute Gasteiger partial charge is 0.399 e. The molecule has 0 spiro atoms. The van der Waals surface area contributed by atoms with Crippen molar-refractivity contribution in [3.63, 3.8) is 0 Å². The molecule has 0 aliphatic rings. The standard InChI is InChI=1S/C9H13NO/c1-7-2-3-8(4-5-11)6-9(7)10/h2-3,6,11H,4-5,10H2,1H3. The third kappa shape index (κ3) is 1.95. The second-order valence-corrected chi connectivity index (χ2v) is 2.66. The molecule has 0 aliphatic heterocycles. The Morgan fingerprint density at radius 2 is 2.18 bits per heavy atom. The zero-order valence-corrected chi connectivity index (χ0v) is 6.67. The van der Waals surface area contributed by atoms with Crippen LogP contribution in [0.5, 0.6) is 0 Å². The van der Waals surface area contributed by atoms with Gasteiger partial charge in [-0.05, 0) is 30.5 Å². The topological polar surface area (TPSA) is 46.2 Å². The number of hydrogen-bond acceptors (Lipinski definition) is 2. The van der Waals surface area contributed by atoms with Crippen LogP contribution in [0.4, 0.5) is 5.69 Å². The van der Waals surface area contributed by atoms with Crippen LogP contribution < -0.4 is 5.73 Å². The molecular formula is C9H13NO. The van der Waals surface area contributed by atoms with E-state index in [-0.39, 0.29) is 6.61 Å². The summed E-state index contributed by atoms with van der Waals surface area (Å²) < 4.78 is 0. The predicted octanol–water partition coefficient (Wildman–Crippen LogP) is 1.11. The molecule has 0 saturated carbocycles. The van der Waals surface area contributed by atoms with Gasteiger partial charge in [0.05, 0.1) is 0 Å². The van der Waals surface area contributed by atoms with Gasteiger partial charge in [0.25, 0.3) is 0 Å². The van der Waals surface area contributed by atoms with E-state index in [0.717, 1.165) is 16.8 Å². The van der Waals surface area contributed by atoms with Crippen molar-refractivity contribution in [3.05, 3.63) is 29.3 Å². The monoisotopic (exact) mass is 151 g/mol. The maximum Gasteiger partial charge on any atom is 0.0471 e. The van der Waals surface area contributed by atoms with E-state index in [1.807, 2.05) is 25.1 Å². The van der Waals surface area contributed by atoms with E-state index in [0.29, 0.717) is 6.42 Å².